The van der Waals surface area contributed by atoms with E-state index >= 15 is 0 Å². The van der Waals surface area contributed by atoms with Crippen molar-refractivity contribution in [1.29, 1.82) is 0 Å². The molecule has 0 spiro atoms. The van der Waals surface area contributed by atoms with Gasteiger partial charge in [-0.3, -0.25) is 4.79 Å². The average molecular weight is 336 g/mol. The Labute approximate surface area is 129 Å². The highest BCUT2D eigenvalue weighted by Gasteiger charge is 2.25. The number of phenolic OH excluding ortho intramolecular Hbond substituents is 1. The maximum Gasteiger partial charge on any atom is 0.321 e. The molecule has 0 heterocycles. The molecule has 0 aromatic heterocycles. The van der Waals surface area contributed by atoms with E-state index in [2.05, 4.69) is 4.74 Å². The number of sulfonamides is 1. The molecule has 0 aliphatic rings. The van der Waals surface area contributed by atoms with E-state index in [-0.39, 0.29) is 18.0 Å². The highest BCUT2D eigenvalue weighted by Crippen LogP contribution is 2.24. The van der Waals surface area contributed by atoms with Crippen LogP contribution in [0.15, 0.2) is 18.2 Å². The van der Waals surface area contributed by atoms with Crippen molar-refractivity contribution in [1.82, 2.24) is 4.31 Å². The zero-order valence-electron chi connectivity index (χ0n) is 11.9. The number of carbonyl (C=O) groups is 1. The number of nitrogens with zero attached hydrogens (tertiary/aromatic N) is 1. The van der Waals surface area contributed by atoms with E-state index in [0.717, 1.165) is 4.31 Å². The van der Waals surface area contributed by atoms with Gasteiger partial charge in [0.05, 0.1) is 12.9 Å². The quantitative estimate of drug-likeness (QED) is 0.767. The largest absolute Gasteiger partial charge is 0.508 e. The van der Waals surface area contributed by atoms with Crippen LogP contribution < -0.4 is 0 Å². The summed E-state index contributed by atoms with van der Waals surface area (Å²) in [7, 11) is -2.44. The number of rotatable bonds is 7. The molecule has 0 saturated heterocycles. The summed E-state index contributed by atoms with van der Waals surface area (Å²) in [5.41, 5.74) is 0.325. The fourth-order valence-corrected chi connectivity index (χ4v) is 3.33. The Morgan fingerprint density at radius 2 is 2.10 bits per heavy atom. The number of methoxy groups -OCH3 is 1. The van der Waals surface area contributed by atoms with Crippen LogP contribution in [0.5, 0.6) is 5.75 Å². The van der Waals surface area contributed by atoms with E-state index < -0.39 is 22.5 Å². The summed E-state index contributed by atoms with van der Waals surface area (Å²) < 4.78 is 29.9. The minimum absolute atomic E-state index is 0.0824. The van der Waals surface area contributed by atoms with Crippen LogP contribution in [0.1, 0.15) is 18.9 Å². The van der Waals surface area contributed by atoms with Crippen molar-refractivity contribution in [3.63, 3.8) is 0 Å². The smallest absolute Gasteiger partial charge is 0.321 e. The second-order valence-corrected chi connectivity index (χ2v) is 6.96. The number of ether oxygens (including phenoxy) is 1. The van der Waals surface area contributed by atoms with Crippen molar-refractivity contribution in [2.45, 2.75) is 19.9 Å². The SMILES string of the molecule is CCCS(=O)(=O)N(CC(=O)OC)Cc1cc(Cl)ccc1O. The third kappa shape index (κ3) is 5.18. The maximum atomic E-state index is 12.2. The van der Waals surface area contributed by atoms with Gasteiger partial charge in [0.2, 0.25) is 10.0 Å². The zero-order valence-corrected chi connectivity index (χ0v) is 13.4. The predicted octanol–water partition coefficient (Wildman–Crippen LogP) is 1.76. The van der Waals surface area contributed by atoms with Gasteiger partial charge in [-0.2, -0.15) is 4.31 Å². The molecule has 1 N–H and O–H groups in total. The van der Waals surface area contributed by atoms with Gasteiger partial charge in [-0.1, -0.05) is 18.5 Å². The molecule has 0 atom stereocenters. The van der Waals surface area contributed by atoms with E-state index in [1.165, 1.54) is 25.3 Å². The minimum atomic E-state index is -3.63. The number of carbonyl (C=O) groups excluding carboxylic acids is 1. The summed E-state index contributed by atoms with van der Waals surface area (Å²) in [6.45, 7) is 1.17. The van der Waals surface area contributed by atoms with Gasteiger partial charge >= 0.3 is 5.97 Å². The van der Waals surface area contributed by atoms with Crippen molar-refractivity contribution < 1.29 is 23.1 Å². The minimum Gasteiger partial charge on any atom is -0.508 e. The fourth-order valence-electron chi connectivity index (χ4n) is 1.72. The van der Waals surface area contributed by atoms with Crippen molar-refractivity contribution >= 4 is 27.6 Å². The van der Waals surface area contributed by atoms with Crippen LogP contribution >= 0.6 is 11.6 Å². The number of aromatic hydroxyl groups is 1. The standard InChI is InChI=1S/C13H18ClNO5S/c1-3-6-21(18,19)15(9-13(17)20-2)8-10-7-11(14)4-5-12(10)16/h4-5,7,16H,3,6,8-9H2,1-2H3. The molecule has 0 amide bonds. The molecule has 21 heavy (non-hydrogen) atoms. The van der Waals surface area contributed by atoms with Gasteiger partial charge in [0.15, 0.2) is 0 Å². The van der Waals surface area contributed by atoms with Crippen LogP contribution in [0.3, 0.4) is 0 Å². The van der Waals surface area contributed by atoms with Crippen LogP contribution in [0.2, 0.25) is 5.02 Å². The lowest BCUT2D eigenvalue weighted by atomic mass is 10.2. The molecule has 0 fully saturated rings. The molecule has 1 aromatic carbocycles. The summed E-state index contributed by atoms with van der Waals surface area (Å²) in [6, 6.07) is 4.33. The average Bonchev–Trinajstić information content (AvgIpc) is 2.41. The molecule has 0 radical (unpaired) electrons. The number of esters is 1. The van der Waals surface area contributed by atoms with E-state index in [1.54, 1.807) is 6.92 Å². The second kappa shape index (κ2) is 7.63. The van der Waals surface area contributed by atoms with Crippen LogP contribution in [0.25, 0.3) is 0 Å². The first-order valence-corrected chi connectivity index (χ1v) is 8.31. The van der Waals surface area contributed by atoms with Crippen LogP contribution in [0.4, 0.5) is 0 Å². The lowest BCUT2D eigenvalue weighted by molar-refractivity contribution is -0.140. The monoisotopic (exact) mass is 335 g/mol. The van der Waals surface area contributed by atoms with Crippen LogP contribution in [0, 0.1) is 0 Å². The highest BCUT2D eigenvalue weighted by molar-refractivity contribution is 7.89. The number of benzene rings is 1. The molecule has 0 bridgehead atoms. The third-order valence-electron chi connectivity index (χ3n) is 2.78. The van der Waals surface area contributed by atoms with Gasteiger partial charge in [-0.25, -0.2) is 8.42 Å². The first kappa shape index (κ1) is 17.7. The molecular weight excluding hydrogens is 318 g/mol. The lowest BCUT2D eigenvalue weighted by Gasteiger charge is -2.21. The topological polar surface area (TPSA) is 83.9 Å². The number of hydrogen-bond acceptors (Lipinski definition) is 5. The molecule has 8 heteroatoms. The molecule has 1 rings (SSSR count). The Bertz CT molecular complexity index is 603. The molecule has 1 aromatic rings. The molecule has 0 saturated carbocycles. The van der Waals surface area contributed by atoms with E-state index in [4.69, 9.17) is 11.6 Å². The lowest BCUT2D eigenvalue weighted by Crippen LogP contribution is -2.37. The van der Waals surface area contributed by atoms with Gasteiger partial charge in [0.25, 0.3) is 0 Å². The summed E-state index contributed by atoms with van der Waals surface area (Å²) in [4.78, 5) is 11.4. The molecular formula is C13H18ClNO5S. The van der Waals surface area contributed by atoms with Crippen molar-refractivity contribution in [3.8, 4) is 5.75 Å². The van der Waals surface area contributed by atoms with Gasteiger partial charge in [0, 0.05) is 17.1 Å². The van der Waals surface area contributed by atoms with Crippen LogP contribution in [-0.2, 0) is 26.1 Å². The second-order valence-electron chi connectivity index (χ2n) is 4.43. The highest BCUT2D eigenvalue weighted by atomic mass is 35.5. The number of hydrogen-bond donors (Lipinski definition) is 1. The fraction of sp³-hybridized carbons (Fsp3) is 0.462. The summed E-state index contributed by atoms with van der Waals surface area (Å²) >= 11 is 5.84. The summed E-state index contributed by atoms with van der Waals surface area (Å²) in [5, 5.41) is 10.1. The van der Waals surface area contributed by atoms with Gasteiger partial charge in [-0.05, 0) is 24.6 Å². The molecule has 6 nitrogen and oxygen atoms in total. The first-order chi connectivity index (χ1) is 9.80. The van der Waals surface area contributed by atoms with Crippen molar-refractivity contribution in [2.24, 2.45) is 0 Å². The summed E-state index contributed by atoms with van der Waals surface area (Å²) in [6.07, 6.45) is 0.418. The Morgan fingerprint density at radius 3 is 2.67 bits per heavy atom. The van der Waals surface area contributed by atoms with E-state index in [0.29, 0.717) is 17.0 Å². The number of halogens is 1. The van der Waals surface area contributed by atoms with Gasteiger partial charge in [0.1, 0.15) is 12.3 Å². The van der Waals surface area contributed by atoms with Crippen molar-refractivity contribution in [3.05, 3.63) is 28.8 Å². The summed E-state index contributed by atoms with van der Waals surface area (Å²) in [5.74, 6) is -0.845. The zero-order chi connectivity index (χ0) is 16.0. The number of phenols is 1. The maximum absolute atomic E-state index is 12.2. The normalized spacial score (nSPS) is 11.6. The molecule has 0 unspecified atom stereocenters. The first-order valence-electron chi connectivity index (χ1n) is 6.32. The Hall–Kier alpha value is -1.31. The van der Waals surface area contributed by atoms with Gasteiger partial charge in [-0.15, -0.1) is 0 Å². The van der Waals surface area contributed by atoms with Crippen LogP contribution in [-0.4, -0.2) is 43.2 Å². The van der Waals surface area contributed by atoms with E-state index in [9.17, 15) is 18.3 Å². The molecule has 0 aliphatic carbocycles. The Kier molecular flexibility index (Phi) is 6.44. The molecule has 118 valence electrons. The Morgan fingerprint density at radius 1 is 1.43 bits per heavy atom. The predicted molar refractivity (Wildman–Crippen MR) is 79.6 cm³/mol. The van der Waals surface area contributed by atoms with Crippen molar-refractivity contribution in [2.75, 3.05) is 19.4 Å². The molecule has 0 aliphatic heterocycles. The van der Waals surface area contributed by atoms with E-state index in [1.807, 2.05) is 0 Å². The van der Waals surface area contributed by atoms with Gasteiger partial charge < -0.3 is 9.84 Å². The Balaban J connectivity index is 3.07. The third-order valence-corrected chi connectivity index (χ3v) is 4.98.